The molecule has 2 saturated heterocycles. The Bertz CT molecular complexity index is 1160. The van der Waals surface area contributed by atoms with Crippen LogP contribution in [-0.4, -0.2) is 76.4 Å². The number of amides is 2. The molecule has 0 unspecified atom stereocenters. The Morgan fingerprint density at radius 3 is 2.26 bits per heavy atom. The van der Waals surface area contributed by atoms with E-state index in [0.29, 0.717) is 13.0 Å². The van der Waals surface area contributed by atoms with Crippen molar-refractivity contribution in [2.24, 2.45) is 0 Å². The second kappa shape index (κ2) is 11.3. The molecule has 4 rings (SSSR count). The van der Waals surface area contributed by atoms with Crippen LogP contribution in [0.2, 0.25) is 0 Å². The minimum atomic E-state index is -0.600. The SMILES string of the molecule is Cc1c(-c2ccc(F)cc2)nnc(N2CCC(N(C)C(=O)[C@@H]3CCCCN3C(=O)OC(C)(C)C)CC2)c1C. The van der Waals surface area contributed by atoms with Gasteiger partial charge in [0.2, 0.25) is 5.91 Å². The molecule has 0 spiro atoms. The van der Waals surface area contributed by atoms with Gasteiger partial charge in [0.1, 0.15) is 17.5 Å². The van der Waals surface area contributed by atoms with Crippen molar-refractivity contribution in [3.63, 3.8) is 0 Å². The highest BCUT2D eigenvalue weighted by molar-refractivity contribution is 5.86. The van der Waals surface area contributed by atoms with E-state index in [0.717, 1.165) is 67.0 Å². The van der Waals surface area contributed by atoms with Crippen molar-refractivity contribution in [1.29, 1.82) is 0 Å². The first-order chi connectivity index (χ1) is 18.0. The molecule has 0 saturated carbocycles. The Hall–Kier alpha value is -3.23. The average Bonchev–Trinajstić information content (AvgIpc) is 2.89. The van der Waals surface area contributed by atoms with Crippen LogP contribution >= 0.6 is 0 Å². The third-order valence-corrected chi connectivity index (χ3v) is 7.69. The van der Waals surface area contributed by atoms with Crippen LogP contribution in [0.25, 0.3) is 11.3 Å². The molecule has 2 aliphatic rings. The number of carbonyl (C=O) groups excluding carboxylic acids is 2. The summed E-state index contributed by atoms with van der Waals surface area (Å²) in [5.74, 6) is 0.564. The number of likely N-dealkylation sites (tertiary alicyclic amines) is 1. The average molecular weight is 526 g/mol. The lowest BCUT2D eigenvalue weighted by molar-refractivity contribution is -0.139. The topological polar surface area (TPSA) is 78.9 Å². The molecule has 9 heteroatoms. The third kappa shape index (κ3) is 6.08. The van der Waals surface area contributed by atoms with Gasteiger partial charge in [0, 0.05) is 38.3 Å². The quantitative estimate of drug-likeness (QED) is 0.552. The van der Waals surface area contributed by atoms with Crippen LogP contribution in [0, 0.1) is 19.7 Å². The summed E-state index contributed by atoms with van der Waals surface area (Å²) in [7, 11) is 1.86. The summed E-state index contributed by atoms with van der Waals surface area (Å²) in [6.45, 7) is 11.7. The Balaban J connectivity index is 1.40. The van der Waals surface area contributed by atoms with Crippen molar-refractivity contribution in [3.05, 3.63) is 41.2 Å². The number of hydrogen-bond acceptors (Lipinski definition) is 6. The Labute approximate surface area is 225 Å². The zero-order valence-corrected chi connectivity index (χ0v) is 23.5. The van der Waals surface area contributed by atoms with E-state index < -0.39 is 17.7 Å². The molecule has 2 aliphatic heterocycles. The monoisotopic (exact) mass is 525 g/mol. The second-order valence-electron chi connectivity index (χ2n) is 11.5. The Kier molecular flexibility index (Phi) is 8.23. The minimum Gasteiger partial charge on any atom is -0.444 e. The van der Waals surface area contributed by atoms with E-state index in [1.165, 1.54) is 12.1 Å². The van der Waals surface area contributed by atoms with Gasteiger partial charge in [-0.25, -0.2) is 9.18 Å². The molecule has 2 aromatic rings. The Morgan fingerprint density at radius 1 is 0.974 bits per heavy atom. The predicted octanol–water partition coefficient (Wildman–Crippen LogP) is 5.12. The number of halogens is 1. The van der Waals surface area contributed by atoms with Crippen LogP contribution in [0.1, 0.15) is 64.0 Å². The van der Waals surface area contributed by atoms with Gasteiger partial charge < -0.3 is 14.5 Å². The zero-order valence-electron chi connectivity index (χ0n) is 23.5. The van der Waals surface area contributed by atoms with Gasteiger partial charge in [-0.15, -0.1) is 10.2 Å². The van der Waals surface area contributed by atoms with Gasteiger partial charge in [-0.1, -0.05) is 0 Å². The molecular formula is C29H40FN5O3. The van der Waals surface area contributed by atoms with E-state index in [1.54, 1.807) is 17.0 Å². The molecular weight excluding hydrogens is 485 g/mol. The lowest BCUT2D eigenvalue weighted by Crippen LogP contribution is -2.56. The van der Waals surface area contributed by atoms with Gasteiger partial charge in [0.15, 0.2) is 5.82 Å². The molecule has 0 aliphatic carbocycles. The fourth-order valence-electron chi connectivity index (χ4n) is 5.38. The number of likely N-dealkylation sites (N-methyl/N-ethyl adjacent to an activating group) is 1. The number of nitrogens with zero attached hydrogens (tertiary/aromatic N) is 5. The standard InChI is InChI=1S/C29H40FN5O3/c1-19-20(2)26(32-31-25(19)21-10-12-22(30)13-11-21)34-17-14-23(15-18-34)33(6)27(36)24-9-7-8-16-35(24)28(37)38-29(3,4)5/h10-13,23-24H,7-9,14-18H2,1-6H3/t24-/m0/s1. The number of hydrogen-bond donors (Lipinski definition) is 0. The fourth-order valence-corrected chi connectivity index (χ4v) is 5.38. The number of benzene rings is 1. The lowest BCUT2D eigenvalue weighted by atomic mass is 9.98. The van der Waals surface area contributed by atoms with Gasteiger partial charge in [-0.2, -0.15) is 0 Å². The summed E-state index contributed by atoms with van der Waals surface area (Å²) in [6.07, 6.45) is 3.67. The van der Waals surface area contributed by atoms with Gasteiger partial charge in [-0.3, -0.25) is 9.69 Å². The molecule has 38 heavy (non-hydrogen) atoms. The molecule has 3 heterocycles. The van der Waals surface area contributed by atoms with Crippen molar-refractivity contribution in [3.8, 4) is 11.3 Å². The molecule has 1 aromatic carbocycles. The molecule has 1 atom stereocenters. The summed E-state index contributed by atoms with van der Waals surface area (Å²) in [5, 5.41) is 9.02. The van der Waals surface area contributed by atoms with Crippen LogP contribution in [0.3, 0.4) is 0 Å². The molecule has 0 radical (unpaired) electrons. The van der Waals surface area contributed by atoms with E-state index in [2.05, 4.69) is 15.1 Å². The molecule has 1 aromatic heterocycles. The third-order valence-electron chi connectivity index (χ3n) is 7.69. The first-order valence-electron chi connectivity index (χ1n) is 13.6. The summed E-state index contributed by atoms with van der Waals surface area (Å²) in [6, 6.07) is 5.93. The first kappa shape index (κ1) is 27.8. The summed E-state index contributed by atoms with van der Waals surface area (Å²) in [4.78, 5) is 32.0. The van der Waals surface area contributed by atoms with Crippen molar-refractivity contribution >= 4 is 17.8 Å². The number of anilines is 1. The minimum absolute atomic E-state index is 0.00974. The number of aromatic nitrogens is 2. The number of rotatable bonds is 4. The molecule has 0 N–H and O–H groups in total. The highest BCUT2D eigenvalue weighted by Crippen LogP contribution is 2.30. The molecule has 8 nitrogen and oxygen atoms in total. The normalized spacial score (nSPS) is 18.9. The van der Waals surface area contributed by atoms with E-state index in [9.17, 15) is 14.0 Å². The van der Waals surface area contributed by atoms with Crippen LogP contribution in [0.4, 0.5) is 15.0 Å². The second-order valence-corrected chi connectivity index (χ2v) is 11.5. The van der Waals surface area contributed by atoms with Gasteiger partial charge in [0.05, 0.1) is 5.69 Å². The van der Waals surface area contributed by atoms with Gasteiger partial charge >= 0.3 is 6.09 Å². The van der Waals surface area contributed by atoms with Crippen LogP contribution in [-0.2, 0) is 9.53 Å². The van der Waals surface area contributed by atoms with Crippen LogP contribution < -0.4 is 4.90 Å². The Morgan fingerprint density at radius 2 is 1.63 bits per heavy atom. The lowest BCUT2D eigenvalue weighted by Gasteiger charge is -2.41. The maximum atomic E-state index is 13.5. The molecule has 0 bridgehead atoms. The van der Waals surface area contributed by atoms with Crippen molar-refractivity contribution in [2.45, 2.75) is 84.4 Å². The molecule has 2 fully saturated rings. The van der Waals surface area contributed by atoms with E-state index in [4.69, 9.17) is 4.74 Å². The summed E-state index contributed by atoms with van der Waals surface area (Å²) < 4.78 is 18.9. The van der Waals surface area contributed by atoms with Crippen LogP contribution in [0.5, 0.6) is 0 Å². The summed E-state index contributed by atoms with van der Waals surface area (Å²) >= 11 is 0. The predicted molar refractivity (Wildman–Crippen MR) is 145 cm³/mol. The van der Waals surface area contributed by atoms with Crippen molar-refractivity contribution in [2.75, 3.05) is 31.6 Å². The largest absolute Gasteiger partial charge is 0.444 e. The number of piperidine rings is 2. The van der Waals surface area contributed by atoms with Crippen molar-refractivity contribution in [1.82, 2.24) is 20.0 Å². The number of carbonyl (C=O) groups is 2. The fraction of sp³-hybridized carbons (Fsp3) is 0.586. The highest BCUT2D eigenvalue weighted by Gasteiger charge is 2.38. The van der Waals surface area contributed by atoms with Crippen LogP contribution in [0.15, 0.2) is 24.3 Å². The zero-order chi connectivity index (χ0) is 27.6. The van der Waals surface area contributed by atoms with Gasteiger partial charge in [-0.05, 0) is 102 Å². The van der Waals surface area contributed by atoms with E-state index >= 15 is 0 Å². The highest BCUT2D eigenvalue weighted by atomic mass is 19.1. The maximum absolute atomic E-state index is 13.5. The molecule has 206 valence electrons. The van der Waals surface area contributed by atoms with Crippen molar-refractivity contribution < 1.29 is 18.7 Å². The van der Waals surface area contributed by atoms with Gasteiger partial charge in [0.25, 0.3) is 0 Å². The van der Waals surface area contributed by atoms with E-state index in [1.807, 2.05) is 46.6 Å². The first-order valence-corrected chi connectivity index (χ1v) is 13.6. The number of ether oxygens (including phenoxy) is 1. The summed E-state index contributed by atoms with van der Waals surface area (Å²) in [5.41, 5.74) is 3.08. The van der Waals surface area contributed by atoms with E-state index in [-0.39, 0.29) is 17.8 Å². The smallest absolute Gasteiger partial charge is 0.410 e. The maximum Gasteiger partial charge on any atom is 0.410 e. The molecule has 2 amide bonds.